The molecule has 1 aliphatic heterocycles. The Morgan fingerprint density at radius 2 is 1.82 bits per heavy atom. The molecule has 6 heteroatoms. The molecular formula is C28H30O6. The molecular weight excluding hydrogens is 432 g/mol. The fourth-order valence-electron chi connectivity index (χ4n) is 4.07. The first-order chi connectivity index (χ1) is 15.9. The molecule has 0 saturated carbocycles. The number of fused-ring (bicyclic) bond motifs is 4. The molecule has 178 valence electrons. The minimum atomic E-state index is -0.693. The lowest BCUT2D eigenvalue weighted by Gasteiger charge is -2.28. The summed E-state index contributed by atoms with van der Waals surface area (Å²) in [5, 5.41) is 32.8. The van der Waals surface area contributed by atoms with Crippen LogP contribution in [-0.2, 0) is 6.42 Å². The average molecular weight is 463 g/mol. The van der Waals surface area contributed by atoms with E-state index in [1.165, 1.54) is 6.07 Å². The van der Waals surface area contributed by atoms with Crippen LogP contribution in [0.1, 0.15) is 58.2 Å². The maximum Gasteiger partial charge on any atom is 0.205 e. The maximum atomic E-state index is 14.0. The Morgan fingerprint density at radius 3 is 2.47 bits per heavy atom. The lowest BCUT2D eigenvalue weighted by molar-refractivity contribution is 0.160. The molecule has 0 fully saturated rings. The van der Waals surface area contributed by atoms with Crippen LogP contribution in [0.5, 0.6) is 23.0 Å². The number of ether oxygens (including phenoxy) is 1. The van der Waals surface area contributed by atoms with E-state index in [-0.39, 0.29) is 62.8 Å². The fraction of sp³-hybridized carbons (Fsp3) is 0.321. The van der Waals surface area contributed by atoms with Gasteiger partial charge in [0.05, 0.1) is 10.9 Å². The molecule has 0 aliphatic carbocycles. The Labute approximate surface area is 198 Å². The molecule has 0 atom stereocenters. The molecule has 0 saturated heterocycles. The van der Waals surface area contributed by atoms with Crippen LogP contribution in [0.2, 0.25) is 0 Å². The molecule has 0 radical (unpaired) electrons. The summed E-state index contributed by atoms with van der Waals surface area (Å²) in [6.07, 6.45) is 9.13. The van der Waals surface area contributed by atoms with Crippen molar-refractivity contribution in [3.05, 3.63) is 56.8 Å². The van der Waals surface area contributed by atoms with Gasteiger partial charge in [-0.1, -0.05) is 37.6 Å². The van der Waals surface area contributed by atoms with Crippen LogP contribution < -0.4 is 10.2 Å². The quantitative estimate of drug-likeness (QED) is 0.235. The normalized spacial score (nSPS) is 14.7. The Bertz CT molecular complexity index is 1460. The van der Waals surface area contributed by atoms with Gasteiger partial charge >= 0.3 is 0 Å². The molecule has 0 spiro atoms. The van der Waals surface area contributed by atoms with Gasteiger partial charge in [0, 0.05) is 17.2 Å². The van der Waals surface area contributed by atoms with E-state index < -0.39 is 11.0 Å². The van der Waals surface area contributed by atoms with Crippen LogP contribution >= 0.6 is 0 Å². The second-order valence-corrected chi connectivity index (χ2v) is 9.86. The van der Waals surface area contributed by atoms with Crippen LogP contribution in [-0.4, -0.2) is 20.9 Å². The third-order valence-corrected chi connectivity index (χ3v) is 5.84. The Balaban J connectivity index is 2.22. The highest BCUT2D eigenvalue weighted by molar-refractivity contribution is 6.03. The number of rotatable bonds is 4. The van der Waals surface area contributed by atoms with Crippen molar-refractivity contribution in [2.24, 2.45) is 5.92 Å². The number of hydrogen-bond donors (Lipinski definition) is 3. The van der Waals surface area contributed by atoms with Gasteiger partial charge in [0.1, 0.15) is 33.7 Å². The Morgan fingerprint density at radius 1 is 1.12 bits per heavy atom. The van der Waals surface area contributed by atoms with E-state index in [1.54, 1.807) is 12.2 Å². The predicted molar refractivity (Wildman–Crippen MR) is 136 cm³/mol. The van der Waals surface area contributed by atoms with E-state index in [9.17, 15) is 20.1 Å². The smallest absolute Gasteiger partial charge is 0.205 e. The van der Waals surface area contributed by atoms with Crippen molar-refractivity contribution in [1.82, 2.24) is 0 Å². The van der Waals surface area contributed by atoms with Gasteiger partial charge in [-0.3, -0.25) is 4.79 Å². The first-order valence-electron chi connectivity index (χ1n) is 11.3. The van der Waals surface area contributed by atoms with Gasteiger partial charge in [-0.15, -0.1) is 0 Å². The van der Waals surface area contributed by atoms with Gasteiger partial charge in [-0.2, -0.15) is 0 Å². The van der Waals surface area contributed by atoms with Gasteiger partial charge in [0.25, 0.3) is 0 Å². The highest BCUT2D eigenvalue weighted by Crippen LogP contribution is 2.45. The van der Waals surface area contributed by atoms with Crippen molar-refractivity contribution >= 4 is 34.1 Å². The number of aromatic hydroxyl groups is 3. The molecule has 6 nitrogen and oxygen atoms in total. The van der Waals surface area contributed by atoms with Crippen molar-refractivity contribution in [3.63, 3.8) is 0 Å². The zero-order valence-electron chi connectivity index (χ0n) is 20.3. The number of phenols is 3. The second-order valence-electron chi connectivity index (χ2n) is 9.86. The van der Waals surface area contributed by atoms with Gasteiger partial charge < -0.3 is 24.5 Å². The second kappa shape index (κ2) is 8.28. The third-order valence-electron chi connectivity index (χ3n) is 5.84. The molecule has 1 aliphatic rings. The van der Waals surface area contributed by atoms with Gasteiger partial charge in [-0.25, -0.2) is 0 Å². The standard InChI is InChI=1S/C28H30O6/c1-14(2)7-9-17-21-25(32)22-20(13-19(29)16-11-12-28(5,6)34-27(16)22)33-26(21)18(10-8-15(3)4)24(31)23(17)30/h7-9,11-14,29-31H,10H2,1-6H3. The maximum absolute atomic E-state index is 14.0. The van der Waals surface area contributed by atoms with Gasteiger partial charge in [0.2, 0.25) is 5.43 Å². The lowest BCUT2D eigenvalue weighted by Crippen LogP contribution is -2.28. The molecule has 2 aromatic carbocycles. The summed E-state index contributed by atoms with van der Waals surface area (Å²) in [7, 11) is 0. The monoisotopic (exact) mass is 462 g/mol. The molecule has 3 aromatic rings. The number of benzene rings is 2. The summed E-state index contributed by atoms with van der Waals surface area (Å²) < 4.78 is 12.3. The van der Waals surface area contributed by atoms with E-state index in [0.29, 0.717) is 11.1 Å². The fourth-order valence-corrected chi connectivity index (χ4v) is 4.07. The summed E-state index contributed by atoms with van der Waals surface area (Å²) in [4.78, 5) is 14.0. The van der Waals surface area contributed by atoms with E-state index >= 15 is 0 Å². The summed E-state index contributed by atoms with van der Waals surface area (Å²) >= 11 is 0. The molecule has 0 amide bonds. The molecule has 4 rings (SSSR count). The number of hydrogen-bond acceptors (Lipinski definition) is 6. The van der Waals surface area contributed by atoms with Crippen molar-refractivity contribution in [3.8, 4) is 23.0 Å². The van der Waals surface area contributed by atoms with Crippen LogP contribution in [0.3, 0.4) is 0 Å². The Kier molecular flexibility index (Phi) is 5.72. The average Bonchev–Trinajstić information content (AvgIpc) is 2.73. The molecule has 3 N–H and O–H groups in total. The predicted octanol–water partition coefficient (Wildman–Crippen LogP) is 6.43. The largest absolute Gasteiger partial charge is 0.507 e. The van der Waals surface area contributed by atoms with Crippen molar-refractivity contribution in [2.45, 2.75) is 53.6 Å². The minimum Gasteiger partial charge on any atom is -0.507 e. The highest BCUT2D eigenvalue weighted by Gasteiger charge is 2.30. The minimum absolute atomic E-state index is 0.0782. The Hall–Kier alpha value is -3.67. The first kappa shape index (κ1) is 23.5. The molecule has 34 heavy (non-hydrogen) atoms. The van der Waals surface area contributed by atoms with Gasteiger partial charge in [-0.05, 0) is 52.2 Å². The van der Waals surface area contributed by atoms with Crippen LogP contribution in [0, 0.1) is 5.92 Å². The van der Waals surface area contributed by atoms with Crippen LogP contribution in [0.15, 0.2) is 39.1 Å². The zero-order chi connectivity index (χ0) is 24.9. The van der Waals surface area contributed by atoms with E-state index in [2.05, 4.69) is 0 Å². The van der Waals surface area contributed by atoms with Crippen molar-refractivity contribution in [2.75, 3.05) is 0 Å². The van der Waals surface area contributed by atoms with Crippen molar-refractivity contribution in [1.29, 1.82) is 0 Å². The summed E-state index contributed by atoms with van der Waals surface area (Å²) in [5.41, 5.74) is 1.09. The summed E-state index contributed by atoms with van der Waals surface area (Å²) in [6, 6.07) is 1.39. The van der Waals surface area contributed by atoms with Crippen LogP contribution in [0.25, 0.3) is 34.1 Å². The highest BCUT2D eigenvalue weighted by atomic mass is 16.5. The van der Waals surface area contributed by atoms with E-state index in [4.69, 9.17) is 9.15 Å². The summed E-state index contributed by atoms with van der Waals surface area (Å²) in [5.74, 6) is -0.408. The number of phenolic OH excluding ortho intramolecular Hbond substituents is 3. The number of allylic oxidation sites excluding steroid dienone is 3. The van der Waals surface area contributed by atoms with Crippen molar-refractivity contribution < 1.29 is 24.5 Å². The SMILES string of the molecule is CC(C)=CCc1c(O)c(O)c(C=CC(C)C)c2c(=O)c3c4c(c(O)cc3oc12)C=CC(C)(C)O4. The first-order valence-corrected chi connectivity index (χ1v) is 11.3. The zero-order valence-corrected chi connectivity index (χ0v) is 20.3. The summed E-state index contributed by atoms with van der Waals surface area (Å²) in [6.45, 7) is 11.5. The third kappa shape index (κ3) is 3.94. The molecule has 1 aromatic heterocycles. The van der Waals surface area contributed by atoms with E-state index in [1.807, 2.05) is 59.8 Å². The topological polar surface area (TPSA) is 100 Å². The van der Waals surface area contributed by atoms with Gasteiger partial charge in [0.15, 0.2) is 11.5 Å². The molecule has 2 heterocycles. The molecule has 0 unspecified atom stereocenters. The molecule has 0 bridgehead atoms. The lowest BCUT2D eigenvalue weighted by atomic mass is 9.95. The van der Waals surface area contributed by atoms with Crippen LogP contribution in [0.4, 0.5) is 0 Å². The van der Waals surface area contributed by atoms with E-state index in [0.717, 1.165) is 5.57 Å².